The van der Waals surface area contributed by atoms with Gasteiger partial charge in [-0.1, -0.05) is 51.4 Å². The van der Waals surface area contributed by atoms with E-state index in [4.69, 9.17) is 5.73 Å². The van der Waals surface area contributed by atoms with Gasteiger partial charge in [0.1, 0.15) is 0 Å². The molecule has 2 aliphatic carbocycles. The Kier molecular flexibility index (Phi) is 13.1. The fraction of sp³-hybridized carbons (Fsp3) is 0.800. The molecule has 1 aromatic heterocycles. The summed E-state index contributed by atoms with van der Waals surface area (Å²) in [6.07, 6.45) is 10.9. The highest BCUT2D eigenvalue weighted by molar-refractivity contribution is 7.13. The summed E-state index contributed by atoms with van der Waals surface area (Å²) in [4.78, 5) is 65.1. The van der Waals surface area contributed by atoms with Gasteiger partial charge in [0.25, 0.3) is 0 Å². The van der Waals surface area contributed by atoms with Crippen LogP contribution in [0.1, 0.15) is 109 Å². The zero-order valence-electron chi connectivity index (χ0n) is 29.3. The van der Waals surface area contributed by atoms with E-state index in [2.05, 4.69) is 4.98 Å². The van der Waals surface area contributed by atoms with Crippen molar-refractivity contribution >= 4 is 40.1 Å². The van der Waals surface area contributed by atoms with Gasteiger partial charge in [-0.15, -0.1) is 11.3 Å². The number of anilines is 1. The van der Waals surface area contributed by atoms with Crippen molar-refractivity contribution < 1.29 is 24.3 Å². The van der Waals surface area contributed by atoms with Crippen LogP contribution in [0, 0.1) is 17.8 Å². The first kappa shape index (κ1) is 37.1. The van der Waals surface area contributed by atoms with E-state index < -0.39 is 23.6 Å². The van der Waals surface area contributed by atoms with E-state index in [0.29, 0.717) is 42.0 Å². The van der Waals surface area contributed by atoms with E-state index >= 15 is 0 Å². The van der Waals surface area contributed by atoms with Gasteiger partial charge in [0, 0.05) is 51.4 Å². The molecule has 4 rings (SSSR count). The zero-order chi connectivity index (χ0) is 34.3. The van der Waals surface area contributed by atoms with Gasteiger partial charge in [-0.25, -0.2) is 4.98 Å². The molecule has 0 aromatic carbocycles. The third-order valence-corrected chi connectivity index (χ3v) is 11.7. The van der Waals surface area contributed by atoms with Crippen molar-refractivity contribution in [2.24, 2.45) is 17.8 Å². The highest BCUT2D eigenvalue weighted by atomic mass is 32.1. The molecule has 4 amide bonds. The number of aliphatic hydroxyl groups excluding tert-OH is 1. The monoisotopic (exact) mass is 674 g/mol. The summed E-state index contributed by atoms with van der Waals surface area (Å²) in [5, 5.41) is 14.3. The van der Waals surface area contributed by atoms with Gasteiger partial charge in [-0.05, 0) is 51.4 Å². The van der Waals surface area contributed by atoms with Crippen LogP contribution in [0.3, 0.4) is 0 Å². The van der Waals surface area contributed by atoms with Gasteiger partial charge in [0.2, 0.25) is 23.6 Å². The zero-order valence-corrected chi connectivity index (χ0v) is 30.1. The Labute approximate surface area is 285 Å². The summed E-state index contributed by atoms with van der Waals surface area (Å²) in [7, 11) is 5.14. The van der Waals surface area contributed by atoms with Gasteiger partial charge >= 0.3 is 0 Å². The topological polar surface area (TPSA) is 140 Å². The van der Waals surface area contributed by atoms with Gasteiger partial charge in [-0.3, -0.25) is 19.2 Å². The van der Waals surface area contributed by atoms with Crippen LogP contribution in [0.15, 0.2) is 5.38 Å². The van der Waals surface area contributed by atoms with E-state index in [1.165, 1.54) is 29.1 Å². The van der Waals surface area contributed by atoms with Crippen LogP contribution in [0.25, 0.3) is 0 Å². The summed E-state index contributed by atoms with van der Waals surface area (Å²) in [5.41, 5.74) is 6.19. The number of nitrogens with two attached hydrogens (primary N) is 1. The van der Waals surface area contributed by atoms with Gasteiger partial charge in [0.15, 0.2) is 5.13 Å². The lowest BCUT2D eigenvalue weighted by Gasteiger charge is -2.39. The number of aliphatic hydroxyl groups is 1. The Morgan fingerprint density at radius 2 is 1.60 bits per heavy atom. The number of rotatable bonds is 14. The molecule has 3 atom stereocenters. The molecule has 0 unspecified atom stereocenters. The summed E-state index contributed by atoms with van der Waals surface area (Å²) < 4.78 is 0. The quantitative estimate of drug-likeness (QED) is 0.300. The number of nitrogens with zero attached hydrogens (tertiary/aromatic N) is 5. The van der Waals surface area contributed by atoms with Crippen LogP contribution in [-0.2, 0) is 25.7 Å². The van der Waals surface area contributed by atoms with Crippen LogP contribution in [0.5, 0.6) is 0 Å². The average Bonchev–Trinajstić information content (AvgIpc) is 3.56. The molecule has 0 radical (unpaired) electrons. The Morgan fingerprint density at radius 3 is 2.13 bits per heavy atom. The Balaban J connectivity index is 1.58. The van der Waals surface area contributed by atoms with E-state index in [-0.39, 0.29) is 49.6 Å². The molecule has 12 heteroatoms. The normalized spacial score (nSPS) is 21.8. The minimum absolute atomic E-state index is 0.00550. The molecule has 2 heterocycles. The van der Waals surface area contributed by atoms with Crippen LogP contribution in [-0.4, -0.2) is 105 Å². The van der Waals surface area contributed by atoms with Crippen LogP contribution < -0.4 is 5.73 Å². The van der Waals surface area contributed by atoms with Crippen molar-refractivity contribution in [2.45, 2.75) is 128 Å². The largest absolute Gasteiger partial charge is 0.390 e. The first-order chi connectivity index (χ1) is 22.3. The number of aromatic nitrogens is 1. The SMILES string of the molecule is CN(C)C(=O)CN(CC1CCCCC1)C(=O)CCC(=O)N(Cc1csc(N)n1)[C@@H](CC1CCCCC1)[C@@H](O)[C@@H]1CC(C)(C)N(C)C1=O. The van der Waals surface area contributed by atoms with E-state index in [9.17, 15) is 24.3 Å². The summed E-state index contributed by atoms with van der Waals surface area (Å²) >= 11 is 1.29. The number of carbonyl (C=O) groups excluding carboxylic acids is 4. The second-order valence-electron chi connectivity index (χ2n) is 15.1. The highest BCUT2D eigenvalue weighted by Gasteiger charge is 2.49. The molecule has 3 N–H and O–H groups in total. The highest BCUT2D eigenvalue weighted by Crippen LogP contribution is 2.39. The van der Waals surface area contributed by atoms with Crippen molar-refractivity contribution in [3.8, 4) is 0 Å². The molecule has 2 saturated carbocycles. The molecule has 47 heavy (non-hydrogen) atoms. The van der Waals surface area contributed by atoms with E-state index in [1.54, 1.807) is 35.8 Å². The third kappa shape index (κ3) is 9.90. The minimum Gasteiger partial charge on any atom is -0.390 e. The average molecular weight is 675 g/mol. The van der Waals surface area contributed by atoms with Gasteiger partial charge in [0.05, 0.1) is 36.8 Å². The molecule has 0 spiro atoms. The Bertz CT molecular complexity index is 1220. The lowest BCUT2D eigenvalue weighted by molar-refractivity contribution is -0.146. The lowest BCUT2D eigenvalue weighted by atomic mass is 9.80. The van der Waals surface area contributed by atoms with Gasteiger partial charge in [-0.2, -0.15) is 0 Å². The number of carbonyl (C=O) groups is 4. The molecule has 11 nitrogen and oxygen atoms in total. The number of nitrogen functional groups attached to an aromatic ring is 1. The molecule has 264 valence electrons. The predicted molar refractivity (Wildman–Crippen MR) is 184 cm³/mol. The molecular weight excluding hydrogens is 616 g/mol. The standard InChI is InChI=1S/C35H58N6O5S/c1-35(2)19-27(33(46)39(35)5)32(45)28(18-24-12-8-6-9-13-24)41(21-26-23-47-34(36)37-26)30(43)17-16-29(42)40(22-31(44)38(3)4)20-25-14-10-7-11-15-25/h23-25,27-28,32,45H,6-22H2,1-5H3,(H2,36,37)/t27-,28-,32-/m0/s1. The summed E-state index contributed by atoms with van der Waals surface area (Å²) in [6.45, 7) is 4.65. The summed E-state index contributed by atoms with van der Waals surface area (Å²) in [5.74, 6) is -0.690. The second-order valence-corrected chi connectivity index (χ2v) is 16.0. The molecule has 1 saturated heterocycles. The fourth-order valence-corrected chi connectivity index (χ4v) is 8.33. The second kappa shape index (κ2) is 16.6. The molecular formula is C35H58N6O5S. The van der Waals surface area contributed by atoms with Crippen LogP contribution in [0.2, 0.25) is 0 Å². The van der Waals surface area contributed by atoms with Crippen LogP contribution in [0.4, 0.5) is 5.13 Å². The number of hydrogen-bond acceptors (Lipinski definition) is 8. The fourth-order valence-electron chi connectivity index (χ4n) is 7.78. The first-order valence-electron chi connectivity index (χ1n) is 17.7. The van der Waals surface area contributed by atoms with Crippen molar-refractivity contribution in [1.29, 1.82) is 0 Å². The maximum absolute atomic E-state index is 14.3. The maximum atomic E-state index is 14.3. The van der Waals surface area contributed by atoms with E-state index in [1.807, 2.05) is 19.2 Å². The lowest BCUT2D eigenvalue weighted by Crippen LogP contribution is -2.51. The summed E-state index contributed by atoms with van der Waals surface area (Å²) in [6, 6.07) is -0.617. The predicted octanol–water partition coefficient (Wildman–Crippen LogP) is 4.29. The van der Waals surface area contributed by atoms with Crippen LogP contribution >= 0.6 is 11.3 Å². The van der Waals surface area contributed by atoms with Crippen molar-refractivity contribution in [3.63, 3.8) is 0 Å². The number of likely N-dealkylation sites (N-methyl/N-ethyl adjacent to an activating group) is 1. The minimum atomic E-state index is -1.07. The smallest absolute Gasteiger partial charge is 0.241 e. The van der Waals surface area contributed by atoms with Crippen molar-refractivity contribution in [3.05, 3.63) is 11.1 Å². The van der Waals surface area contributed by atoms with Crippen molar-refractivity contribution in [2.75, 3.05) is 40.0 Å². The van der Waals surface area contributed by atoms with Crippen molar-refractivity contribution in [1.82, 2.24) is 24.6 Å². The van der Waals surface area contributed by atoms with Gasteiger partial charge < -0.3 is 30.4 Å². The maximum Gasteiger partial charge on any atom is 0.241 e. The molecule has 0 bridgehead atoms. The number of amides is 4. The molecule has 3 aliphatic rings. The molecule has 1 aromatic rings. The Hall–Kier alpha value is -2.73. The number of thiazole rings is 1. The number of likely N-dealkylation sites (tertiary alicyclic amines) is 1. The third-order valence-electron chi connectivity index (χ3n) is 10.9. The Morgan fingerprint density at radius 1 is 1.00 bits per heavy atom. The van der Waals surface area contributed by atoms with E-state index in [0.717, 1.165) is 51.4 Å². The first-order valence-corrected chi connectivity index (χ1v) is 18.6. The molecule has 1 aliphatic heterocycles. The molecule has 3 fully saturated rings. The number of hydrogen-bond donors (Lipinski definition) is 2.